The minimum Gasteiger partial charge on any atom is -0.323 e. The van der Waals surface area contributed by atoms with E-state index in [1.54, 1.807) is 0 Å². The van der Waals surface area contributed by atoms with Crippen molar-refractivity contribution >= 4 is 22.8 Å². The first kappa shape index (κ1) is 20.5. The van der Waals surface area contributed by atoms with E-state index in [1.165, 1.54) is 15.8 Å². The van der Waals surface area contributed by atoms with E-state index in [2.05, 4.69) is 40.0 Å². The Balaban J connectivity index is 1.45. The molecule has 0 radical (unpaired) electrons. The molecule has 158 valence electrons. The number of imide groups is 1. The first-order valence-corrected chi connectivity index (χ1v) is 10.8. The third-order valence-corrected chi connectivity index (χ3v) is 6.60. The zero-order valence-electron chi connectivity index (χ0n) is 17.9. The molecule has 0 aliphatic carbocycles. The third kappa shape index (κ3) is 3.60. The van der Waals surface area contributed by atoms with Crippen LogP contribution in [0, 0.1) is 5.92 Å². The first-order valence-electron chi connectivity index (χ1n) is 10.8. The van der Waals surface area contributed by atoms with Crippen LogP contribution in [0.5, 0.6) is 0 Å². The van der Waals surface area contributed by atoms with Crippen LogP contribution in [0.25, 0.3) is 10.9 Å². The van der Waals surface area contributed by atoms with Crippen molar-refractivity contribution in [3.63, 3.8) is 0 Å². The minimum atomic E-state index is -0.776. The summed E-state index contributed by atoms with van der Waals surface area (Å²) in [6.45, 7) is 10.7. The molecule has 0 saturated carbocycles. The number of aromatic nitrogens is 1. The fourth-order valence-corrected chi connectivity index (χ4v) is 4.99. The molecule has 2 aromatic rings. The van der Waals surface area contributed by atoms with Crippen molar-refractivity contribution < 1.29 is 9.59 Å². The molecular weight excluding hydrogens is 376 g/mol. The molecule has 30 heavy (non-hydrogen) atoms. The van der Waals surface area contributed by atoms with Crippen molar-refractivity contribution in [2.75, 3.05) is 19.6 Å². The quantitative estimate of drug-likeness (QED) is 0.587. The normalized spacial score (nSPS) is 23.2. The van der Waals surface area contributed by atoms with E-state index in [-0.39, 0.29) is 17.9 Å². The smallest absolute Gasteiger partial charge is 0.323 e. The number of carbonyl (C=O) groups is 2. The second-order valence-electron chi connectivity index (χ2n) is 8.64. The van der Waals surface area contributed by atoms with Gasteiger partial charge in [-0.2, -0.15) is 0 Å². The second kappa shape index (κ2) is 8.19. The Labute approximate surface area is 177 Å². The predicted molar refractivity (Wildman–Crippen MR) is 118 cm³/mol. The Morgan fingerprint density at radius 2 is 2.00 bits per heavy atom. The number of urea groups is 1. The Morgan fingerprint density at radius 1 is 1.23 bits per heavy atom. The van der Waals surface area contributed by atoms with Crippen LogP contribution in [0.15, 0.2) is 48.7 Å². The lowest BCUT2D eigenvalue weighted by atomic mass is 9.75. The van der Waals surface area contributed by atoms with Gasteiger partial charge in [-0.25, -0.2) is 4.79 Å². The van der Waals surface area contributed by atoms with Gasteiger partial charge >= 0.3 is 6.03 Å². The van der Waals surface area contributed by atoms with E-state index in [4.69, 9.17) is 0 Å². The molecule has 2 saturated heterocycles. The number of likely N-dealkylation sites (tertiary alicyclic amines) is 1. The number of pyridine rings is 1. The van der Waals surface area contributed by atoms with Crippen LogP contribution >= 0.6 is 0 Å². The summed E-state index contributed by atoms with van der Waals surface area (Å²) < 4.78 is 0. The average molecular weight is 407 g/mol. The van der Waals surface area contributed by atoms with Crippen LogP contribution in [-0.2, 0) is 11.3 Å². The number of carbonyl (C=O) groups excluding carboxylic acids is 2. The molecule has 6 heteroatoms. The van der Waals surface area contributed by atoms with E-state index >= 15 is 0 Å². The van der Waals surface area contributed by atoms with Gasteiger partial charge in [-0.05, 0) is 62.9 Å². The number of amides is 3. The molecule has 2 aliphatic rings. The first-order chi connectivity index (χ1) is 14.4. The Morgan fingerprint density at radius 3 is 2.70 bits per heavy atom. The summed E-state index contributed by atoms with van der Waals surface area (Å²) in [5.74, 6) is 0.0658. The van der Waals surface area contributed by atoms with Gasteiger partial charge in [0.2, 0.25) is 0 Å². The number of fused-ring (bicyclic) bond motifs is 1. The van der Waals surface area contributed by atoms with E-state index in [0.29, 0.717) is 13.0 Å². The van der Waals surface area contributed by atoms with Crippen molar-refractivity contribution in [2.45, 2.75) is 45.2 Å². The summed E-state index contributed by atoms with van der Waals surface area (Å²) in [7, 11) is 0. The molecular formula is C24H30N4O2. The van der Waals surface area contributed by atoms with Gasteiger partial charge in [-0.3, -0.25) is 19.6 Å². The highest BCUT2D eigenvalue weighted by Gasteiger charge is 2.54. The molecule has 3 amide bonds. The van der Waals surface area contributed by atoms with Gasteiger partial charge in [-0.1, -0.05) is 37.3 Å². The number of nitrogens with one attached hydrogen (secondary N) is 1. The average Bonchev–Trinajstić information content (AvgIpc) is 2.99. The van der Waals surface area contributed by atoms with Crippen molar-refractivity contribution in [3.05, 3.63) is 54.2 Å². The molecule has 4 rings (SSSR count). The van der Waals surface area contributed by atoms with Gasteiger partial charge < -0.3 is 5.32 Å². The number of hydrogen-bond acceptors (Lipinski definition) is 4. The van der Waals surface area contributed by atoms with Gasteiger partial charge in [0, 0.05) is 18.1 Å². The van der Waals surface area contributed by atoms with Crippen LogP contribution in [0.1, 0.15) is 38.7 Å². The Hall–Kier alpha value is -2.73. The Kier molecular flexibility index (Phi) is 5.60. The van der Waals surface area contributed by atoms with E-state index in [0.717, 1.165) is 43.6 Å². The fourth-order valence-electron chi connectivity index (χ4n) is 4.99. The van der Waals surface area contributed by atoms with Crippen molar-refractivity contribution in [2.24, 2.45) is 5.92 Å². The zero-order chi connectivity index (χ0) is 21.3. The summed E-state index contributed by atoms with van der Waals surface area (Å²) >= 11 is 0. The van der Waals surface area contributed by atoms with Gasteiger partial charge in [0.1, 0.15) is 5.54 Å². The number of rotatable bonds is 6. The van der Waals surface area contributed by atoms with Gasteiger partial charge in [0.05, 0.1) is 12.1 Å². The fraction of sp³-hybridized carbons (Fsp3) is 0.458. The summed E-state index contributed by atoms with van der Waals surface area (Å²) in [4.78, 5) is 33.9. The van der Waals surface area contributed by atoms with Gasteiger partial charge in [-0.15, -0.1) is 0 Å². The highest BCUT2D eigenvalue weighted by atomic mass is 16.2. The Bertz CT molecular complexity index is 975. The number of piperidine rings is 1. The lowest BCUT2D eigenvalue weighted by molar-refractivity contribution is -0.134. The highest BCUT2D eigenvalue weighted by Crippen LogP contribution is 2.36. The van der Waals surface area contributed by atoms with Crippen LogP contribution in [0.2, 0.25) is 0 Å². The van der Waals surface area contributed by atoms with E-state index < -0.39 is 5.54 Å². The summed E-state index contributed by atoms with van der Waals surface area (Å²) in [5, 5.41) is 4.25. The monoisotopic (exact) mass is 406 g/mol. The molecule has 2 fully saturated rings. The standard InChI is InChI=1S/C24H30N4O2/c1-4-24(22(29)28(15-17(2)3)23(30)26-24)19-10-13-27(14-11-19)16-18-7-5-9-21-20(18)8-6-12-25-21/h5-9,12,19H,2,4,10-11,13-16H2,1,3H3,(H,26,30). The molecule has 1 aromatic heterocycles. The maximum atomic E-state index is 13.2. The summed E-state index contributed by atoms with van der Waals surface area (Å²) in [5.41, 5.74) is 2.33. The molecule has 1 atom stereocenters. The van der Waals surface area contributed by atoms with E-state index in [1.807, 2.05) is 32.2 Å². The second-order valence-corrected chi connectivity index (χ2v) is 8.64. The van der Waals surface area contributed by atoms with Crippen molar-refractivity contribution in [1.82, 2.24) is 20.1 Å². The summed E-state index contributed by atoms with van der Waals surface area (Å²) in [6.07, 6.45) is 4.23. The largest absolute Gasteiger partial charge is 0.325 e. The molecule has 1 unspecified atom stereocenters. The maximum Gasteiger partial charge on any atom is 0.325 e. The van der Waals surface area contributed by atoms with E-state index in [9.17, 15) is 9.59 Å². The van der Waals surface area contributed by atoms with Crippen LogP contribution in [0.3, 0.4) is 0 Å². The van der Waals surface area contributed by atoms with Gasteiger partial charge in [0.15, 0.2) is 0 Å². The highest BCUT2D eigenvalue weighted by molar-refractivity contribution is 6.07. The van der Waals surface area contributed by atoms with Crippen molar-refractivity contribution in [1.29, 1.82) is 0 Å². The lowest BCUT2D eigenvalue weighted by Gasteiger charge is -2.40. The lowest BCUT2D eigenvalue weighted by Crippen LogP contribution is -2.55. The van der Waals surface area contributed by atoms with Crippen LogP contribution < -0.4 is 5.32 Å². The number of benzene rings is 1. The van der Waals surface area contributed by atoms with Crippen molar-refractivity contribution in [3.8, 4) is 0 Å². The molecule has 2 aliphatic heterocycles. The SMILES string of the molecule is C=C(C)CN1C(=O)NC(CC)(C2CCN(Cc3cccc4ncccc34)CC2)C1=O. The van der Waals surface area contributed by atoms with Crippen LogP contribution in [-0.4, -0.2) is 51.9 Å². The number of nitrogens with zero attached hydrogens (tertiary/aromatic N) is 3. The minimum absolute atomic E-state index is 0.0865. The summed E-state index contributed by atoms with van der Waals surface area (Å²) in [6, 6.07) is 10.1. The third-order valence-electron chi connectivity index (χ3n) is 6.60. The molecule has 6 nitrogen and oxygen atoms in total. The molecule has 0 bridgehead atoms. The topological polar surface area (TPSA) is 65.5 Å². The zero-order valence-corrected chi connectivity index (χ0v) is 17.9. The maximum absolute atomic E-state index is 13.2. The molecule has 3 heterocycles. The molecule has 0 spiro atoms. The molecule has 1 aromatic carbocycles. The van der Waals surface area contributed by atoms with Crippen LogP contribution in [0.4, 0.5) is 4.79 Å². The number of hydrogen-bond donors (Lipinski definition) is 1. The predicted octanol–water partition coefficient (Wildman–Crippen LogP) is 3.72. The van der Waals surface area contributed by atoms with Gasteiger partial charge in [0.25, 0.3) is 5.91 Å². The molecule has 1 N–H and O–H groups in total.